The zero-order valence-electron chi connectivity index (χ0n) is 19.0. The lowest BCUT2D eigenvalue weighted by atomic mass is 10.1. The van der Waals surface area contributed by atoms with Gasteiger partial charge in [-0.05, 0) is 24.1 Å². The molecule has 2 amide bonds. The monoisotopic (exact) mass is 447 g/mol. The number of carbonyl (C=O) groups is 2. The predicted octanol–water partition coefficient (Wildman–Crippen LogP) is 2.96. The minimum atomic E-state index is -0.130. The van der Waals surface area contributed by atoms with E-state index < -0.39 is 0 Å². The number of benzene rings is 2. The van der Waals surface area contributed by atoms with Gasteiger partial charge >= 0.3 is 0 Å². The number of methoxy groups -OCH3 is 1. The smallest absolute Gasteiger partial charge is 0.274 e. The van der Waals surface area contributed by atoms with Crippen LogP contribution in [0.3, 0.4) is 0 Å². The molecule has 33 heavy (non-hydrogen) atoms. The van der Waals surface area contributed by atoms with Crippen molar-refractivity contribution < 1.29 is 14.3 Å². The zero-order chi connectivity index (χ0) is 23.2. The zero-order valence-corrected chi connectivity index (χ0v) is 19.0. The van der Waals surface area contributed by atoms with E-state index in [1.165, 1.54) is 0 Å². The molecule has 8 heteroatoms. The fourth-order valence-electron chi connectivity index (χ4n) is 4.00. The van der Waals surface area contributed by atoms with E-state index in [4.69, 9.17) is 4.74 Å². The van der Waals surface area contributed by atoms with E-state index >= 15 is 0 Å². The van der Waals surface area contributed by atoms with Gasteiger partial charge in [0.2, 0.25) is 5.91 Å². The maximum absolute atomic E-state index is 13.0. The number of para-hydroxylation sites is 2. The lowest BCUT2D eigenvalue weighted by Crippen LogP contribution is -2.49. The van der Waals surface area contributed by atoms with E-state index in [0.717, 1.165) is 17.0 Å². The molecule has 4 rings (SSSR count). The minimum Gasteiger partial charge on any atom is -0.495 e. The summed E-state index contributed by atoms with van der Waals surface area (Å²) in [5.41, 5.74) is 2.48. The topological polar surface area (TPSA) is 79.7 Å². The SMILES string of the molecule is COc1ccccc1N1CCN(C(=O)c2cc(NC(=O)CCc3ccccc3)n(C)n2)CC1. The number of rotatable bonds is 7. The lowest BCUT2D eigenvalue weighted by molar-refractivity contribution is -0.116. The average molecular weight is 448 g/mol. The number of amides is 2. The van der Waals surface area contributed by atoms with Gasteiger partial charge in [0.25, 0.3) is 5.91 Å². The van der Waals surface area contributed by atoms with Crippen LogP contribution in [0.4, 0.5) is 11.5 Å². The van der Waals surface area contributed by atoms with Crippen LogP contribution in [-0.4, -0.2) is 59.8 Å². The molecular formula is C25H29N5O3. The third-order valence-corrected chi connectivity index (χ3v) is 5.84. The molecule has 0 aliphatic carbocycles. The number of hydrogen-bond donors (Lipinski definition) is 1. The van der Waals surface area contributed by atoms with Gasteiger partial charge in [0.15, 0.2) is 5.69 Å². The molecule has 8 nitrogen and oxygen atoms in total. The molecule has 172 valence electrons. The molecule has 2 aromatic carbocycles. The summed E-state index contributed by atoms with van der Waals surface area (Å²) in [5.74, 6) is 1.11. The van der Waals surface area contributed by atoms with Crippen molar-refractivity contribution in [2.75, 3.05) is 43.5 Å². The van der Waals surface area contributed by atoms with E-state index in [0.29, 0.717) is 50.5 Å². The van der Waals surface area contributed by atoms with Crippen LogP contribution < -0.4 is 15.0 Å². The first kappa shape index (κ1) is 22.4. The number of aryl methyl sites for hydroxylation is 2. The Hall–Kier alpha value is -3.81. The highest BCUT2D eigenvalue weighted by Crippen LogP contribution is 2.28. The summed E-state index contributed by atoms with van der Waals surface area (Å²) in [7, 11) is 3.39. The Balaban J connectivity index is 1.33. The molecule has 1 aliphatic rings. The van der Waals surface area contributed by atoms with Gasteiger partial charge in [-0.1, -0.05) is 42.5 Å². The second kappa shape index (κ2) is 10.2. The quantitative estimate of drug-likeness (QED) is 0.602. The molecule has 1 aliphatic heterocycles. The number of hydrogen-bond acceptors (Lipinski definition) is 5. The minimum absolute atomic E-state index is 0.105. The van der Waals surface area contributed by atoms with Crippen molar-refractivity contribution >= 4 is 23.3 Å². The number of carbonyl (C=O) groups excluding carboxylic acids is 2. The number of anilines is 2. The highest BCUT2D eigenvalue weighted by Gasteiger charge is 2.26. The van der Waals surface area contributed by atoms with Crippen LogP contribution in [0.25, 0.3) is 0 Å². The van der Waals surface area contributed by atoms with Crippen LogP contribution in [0, 0.1) is 0 Å². The Labute approximate surface area is 193 Å². The highest BCUT2D eigenvalue weighted by atomic mass is 16.5. The number of ether oxygens (including phenoxy) is 1. The summed E-state index contributed by atoms with van der Waals surface area (Å²) >= 11 is 0. The Morgan fingerprint density at radius 3 is 2.42 bits per heavy atom. The molecule has 3 aromatic rings. The Kier molecular flexibility index (Phi) is 6.92. The van der Waals surface area contributed by atoms with Gasteiger partial charge in [-0.3, -0.25) is 14.3 Å². The number of piperazine rings is 1. The van der Waals surface area contributed by atoms with Crippen molar-refractivity contribution in [2.45, 2.75) is 12.8 Å². The third kappa shape index (κ3) is 5.34. The second-order valence-electron chi connectivity index (χ2n) is 8.02. The summed E-state index contributed by atoms with van der Waals surface area (Å²) in [6.07, 6.45) is 1.02. The van der Waals surface area contributed by atoms with Gasteiger partial charge in [-0.25, -0.2) is 0 Å². The van der Waals surface area contributed by atoms with Crippen molar-refractivity contribution in [3.05, 3.63) is 71.9 Å². The molecule has 1 saturated heterocycles. The van der Waals surface area contributed by atoms with Crippen LogP contribution in [0.15, 0.2) is 60.7 Å². The van der Waals surface area contributed by atoms with Crippen LogP contribution in [-0.2, 0) is 18.3 Å². The molecule has 0 unspecified atom stereocenters. The van der Waals surface area contributed by atoms with Gasteiger partial charge in [0, 0.05) is 45.7 Å². The van der Waals surface area contributed by atoms with Crippen molar-refractivity contribution in [2.24, 2.45) is 7.05 Å². The Morgan fingerprint density at radius 2 is 1.70 bits per heavy atom. The van der Waals surface area contributed by atoms with E-state index in [-0.39, 0.29) is 11.8 Å². The standard InChI is InChI=1S/C25H29N5O3/c1-28-23(26-24(31)13-12-19-8-4-3-5-9-19)18-20(27-28)25(32)30-16-14-29(15-17-30)21-10-6-7-11-22(21)33-2/h3-11,18H,12-17H2,1-2H3,(H,26,31). The first-order valence-corrected chi connectivity index (χ1v) is 11.1. The third-order valence-electron chi connectivity index (χ3n) is 5.84. The molecule has 1 N–H and O–H groups in total. The van der Waals surface area contributed by atoms with Crippen LogP contribution in [0.5, 0.6) is 5.75 Å². The molecule has 1 aromatic heterocycles. The fourth-order valence-corrected chi connectivity index (χ4v) is 4.00. The fraction of sp³-hybridized carbons (Fsp3) is 0.320. The van der Waals surface area contributed by atoms with Gasteiger partial charge in [-0.2, -0.15) is 5.10 Å². The van der Waals surface area contributed by atoms with Crippen LogP contribution in [0.1, 0.15) is 22.5 Å². The molecule has 1 fully saturated rings. The van der Waals surface area contributed by atoms with Crippen molar-refractivity contribution in [1.29, 1.82) is 0 Å². The highest BCUT2D eigenvalue weighted by molar-refractivity contribution is 5.95. The van der Waals surface area contributed by atoms with Gasteiger partial charge < -0.3 is 19.9 Å². The molecule has 0 spiro atoms. The van der Waals surface area contributed by atoms with Crippen molar-refractivity contribution in [1.82, 2.24) is 14.7 Å². The van der Waals surface area contributed by atoms with Crippen molar-refractivity contribution in [3.8, 4) is 5.75 Å². The maximum Gasteiger partial charge on any atom is 0.274 e. The Bertz CT molecular complexity index is 1100. The number of nitrogens with one attached hydrogen (secondary N) is 1. The first-order valence-electron chi connectivity index (χ1n) is 11.1. The number of aromatic nitrogens is 2. The van der Waals surface area contributed by atoms with Crippen LogP contribution in [0.2, 0.25) is 0 Å². The largest absolute Gasteiger partial charge is 0.495 e. The molecule has 0 saturated carbocycles. The lowest BCUT2D eigenvalue weighted by Gasteiger charge is -2.36. The average Bonchev–Trinajstić information content (AvgIpc) is 3.22. The van der Waals surface area contributed by atoms with Gasteiger partial charge in [0.05, 0.1) is 12.8 Å². The van der Waals surface area contributed by atoms with Crippen molar-refractivity contribution in [3.63, 3.8) is 0 Å². The summed E-state index contributed by atoms with van der Waals surface area (Å²) in [6.45, 7) is 2.60. The van der Waals surface area contributed by atoms with E-state index in [1.807, 2.05) is 54.6 Å². The predicted molar refractivity (Wildman–Crippen MR) is 128 cm³/mol. The van der Waals surface area contributed by atoms with E-state index in [2.05, 4.69) is 15.3 Å². The van der Waals surface area contributed by atoms with E-state index in [9.17, 15) is 9.59 Å². The maximum atomic E-state index is 13.0. The summed E-state index contributed by atoms with van der Waals surface area (Å²) in [5, 5.41) is 7.21. The molecule has 2 heterocycles. The van der Waals surface area contributed by atoms with E-state index in [1.54, 1.807) is 29.8 Å². The normalized spacial score (nSPS) is 13.6. The van der Waals surface area contributed by atoms with Crippen LogP contribution >= 0.6 is 0 Å². The molecular weight excluding hydrogens is 418 g/mol. The van der Waals surface area contributed by atoms with Gasteiger partial charge in [-0.15, -0.1) is 0 Å². The molecule has 0 atom stereocenters. The molecule has 0 bridgehead atoms. The first-order chi connectivity index (χ1) is 16.0. The summed E-state index contributed by atoms with van der Waals surface area (Å²) in [4.78, 5) is 29.4. The molecule has 0 radical (unpaired) electrons. The number of nitrogens with zero attached hydrogens (tertiary/aromatic N) is 4. The Morgan fingerprint density at radius 1 is 1.00 bits per heavy atom. The van der Waals surface area contributed by atoms with Gasteiger partial charge in [0.1, 0.15) is 11.6 Å². The second-order valence-corrected chi connectivity index (χ2v) is 8.02. The summed E-state index contributed by atoms with van der Waals surface area (Å²) in [6, 6.07) is 19.4. The summed E-state index contributed by atoms with van der Waals surface area (Å²) < 4.78 is 7.00.